The maximum atomic E-state index is 3.45. The first-order valence-corrected chi connectivity index (χ1v) is 3.24. The van der Waals surface area contributed by atoms with E-state index in [0.29, 0.717) is 5.54 Å². The third kappa shape index (κ3) is 0.446. The van der Waals surface area contributed by atoms with Crippen LogP contribution in [0.15, 0.2) is 0 Å². The summed E-state index contributed by atoms with van der Waals surface area (Å²) in [5.41, 5.74) is 0.592. The highest BCUT2D eigenvalue weighted by molar-refractivity contribution is 5.07. The van der Waals surface area contributed by atoms with Crippen LogP contribution in [-0.4, -0.2) is 37.1 Å². The van der Waals surface area contributed by atoms with Gasteiger partial charge in [-0.1, -0.05) is 0 Å². The van der Waals surface area contributed by atoms with E-state index in [9.17, 15) is 0 Å². The number of likely N-dealkylation sites (tertiary alicyclic amines) is 1. The first-order chi connectivity index (χ1) is 3.81. The van der Waals surface area contributed by atoms with Crippen LogP contribution in [0.1, 0.15) is 6.42 Å². The summed E-state index contributed by atoms with van der Waals surface area (Å²) in [6, 6.07) is 0. The minimum atomic E-state index is 0.592. The molecule has 0 saturated carbocycles. The van der Waals surface area contributed by atoms with Crippen molar-refractivity contribution in [2.45, 2.75) is 12.0 Å². The van der Waals surface area contributed by atoms with Gasteiger partial charge >= 0.3 is 0 Å². The Hall–Kier alpha value is -0.0800. The maximum absolute atomic E-state index is 3.45. The van der Waals surface area contributed by atoms with Crippen LogP contribution < -0.4 is 5.32 Å². The van der Waals surface area contributed by atoms with Crippen LogP contribution in [0.5, 0.6) is 0 Å². The lowest BCUT2D eigenvalue weighted by Gasteiger charge is -2.55. The van der Waals surface area contributed by atoms with E-state index in [-0.39, 0.29) is 0 Å². The predicted molar refractivity (Wildman–Crippen MR) is 32.8 cm³/mol. The molecule has 2 fully saturated rings. The van der Waals surface area contributed by atoms with Crippen LogP contribution >= 0.6 is 0 Å². The zero-order valence-electron chi connectivity index (χ0n) is 5.28. The van der Waals surface area contributed by atoms with Gasteiger partial charge in [-0.2, -0.15) is 0 Å². The van der Waals surface area contributed by atoms with E-state index in [1.165, 1.54) is 26.1 Å². The number of nitrogens with zero attached hydrogens (tertiary/aromatic N) is 1. The van der Waals surface area contributed by atoms with Crippen molar-refractivity contribution in [3.05, 3.63) is 0 Å². The SMILES string of the molecule is CN1CC2(CCN2)C1. The molecule has 2 heterocycles. The van der Waals surface area contributed by atoms with Gasteiger partial charge in [-0.25, -0.2) is 0 Å². The topological polar surface area (TPSA) is 15.3 Å². The zero-order chi connectivity index (χ0) is 5.61. The van der Waals surface area contributed by atoms with Crippen LogP contribution in [0.2, 0.25) is 0 Å². The van der Waals surface area contributed by atoms with Gasteiger partial charge in [0.2, 0.25) is 0 Å². The molecular formula is C6H12N2. The summed E-state index contributed by atoms with van der Waals surface area (Å²) >= 11 is 0. The highest BCUT2D eigenvalue weighted by atomic mass is 15.3. The minimum absolute atomic E-state index is 0.592. The molecule has 1 spiro atoms. The Kier molecular flexibility index (Phi) is 0.746. The van der Waals surface area contributed by atoms with Crippen LogP contribution in [0, 0.1) is 0 Å². The first-order valence-electron chi connectivity index (χ1n) is 3.24. The quantitative estimate of drug-likeness (QED) is 0.461. The van der Waals surface area contributed by atoms with E-state index in [4.69, 9.17) is 0 Å². The fourth-order valence-electron chi connectivity index (χ4n) is 1.74. The van der Waals surface area contributed by atoms with Crippen LogP contribution in [0.4, 0.5) is 0 Å². The van der Waals surface area contributed by atoms with Gasteiger partial charge in [0.1, 0.15) is 0 Å². The lowest BCUT2D eigenvalue weighted by Crippen LogP contribution is -2.74. The van der Waals surface area contributed by atoms with Gasteiger partial charge in [0, 0.05) is 18.6 Å². The Bertz CT molecular complexity index is 99.1. The Morgan fingerprint density at radius 2 is 2.12 bits per heavy atom. The summed E-state index contributed by atoms with van der Waals surface area (Å²) in [5, 5.41) is 3.45. The smallest absolute Gasteiger partial charge is 0.0449 e. The van der Waals surface area contributed by atoms with E-state index in [2.05, 4.69) is 17.3 Å². The third-order valence-corrected chi connectivity index (χ3v) is 2.25. The second-order valence-electron chi connectivity index (χ2n) is 3.13. The van der Waals surface area contributed by atoms with Gasteiger partial charge < -0.3 is 10.2 Å². The molecule has 0 atom stereocenters. The molecule has 0 amide bonds. The van der Waals surface area contributed by atoms with Crippen molar-refractivity contribution < 1.29 is 0 Å². The molecule has 0 aromatic heterocycles. The van der Waals surface area contributed by atoms with Gasteiger partial charge in [0.25, 0.3) is 0 Å². The number of hydrogen-bond acceptors (Lipinski definition) is 2. The molecule has 0 radical (unpaired) electrons. The van der Waals surface area contributed by atoms with Gasteiger partial charge in [-0.05, 0) is 20.0 Å². The molecular weight excluding hydrogens is 100 g/mol. The highest BCUT2D eigenvalue weighted by Crippen LogP contribution is 2.28. The standard InChI is InChI=1S/C6H12N2/c1-8-4-6(5-8)2-3-7-6/h7H,2-5H2,1H3. The molecule has 2 aliphatic rings. The Labute approximate surface area is 49.9 Å². The van der Waals surface area contributed by atoms with Crippen LogP contribution in [0.25, 0.3) is 0 Å². The van der Waals surface area contributed by atoms with Gasteiger partial charge in [0.05, 0.1) is 0 Å². The summed E-state index contributed by atoms with van der Waals surface area (Å²) in [7, 11) is 2.17. The number of rotatable bonds is 0. The molecule has 0 bridgehead atoms. The fraction of sp³-hybridized carbons (Fsp3) is 1.00. The molecule has 1 N–H and O–H groups in total. The Balaban J connectivity index is 1.92. The first kappa shape index (κ1) is 4.77. The van der Waals surface area contributed by atoms with Crippen molar-refractivity contribution in [1.29, 1.82) is 0 Å². The van der Waals surface area contributed by atoms with E-state index >= 15 is 0 Å². The average Bonchev–Trinajstić information content (AvgIpc) is 1.51. The van der Waals surface area contributed by atoms with E-state index in [0.717, 1.165) is 0 Å². The molecule has 2 nitrogen and oxygen atoms in total. The normalized spacial score (nSPS) is 34.1. The molecule has 0 aromatic carbocycles. The van der Waals surface area contributed by atoms with Crippen molar-refractivity contribution >= 4 is 0 Å². The lowest BCUT2D eigenvalue weighted by atomic mass is 9.81. The third-order valence-electron chi connectivity index (χ3n) is 2.25. The highest BCUT2D eigenvalue weighted by Gasteiger charge is 2.45. The van der Waals surface area contributed by atoms with Crippen molar-refractivity contribution in [3.8, 4) is 0 Å². The monoisotopic (exact) mass is 112 g/mol. The summed E-state index contributed by atoms with van der Waals surface area (Å²) in [6.07, 6.45) is 1.40. The van der Waals surface area contributed by atoms with Crippen molar-refractivity contribution in [1.82, 2.24) is 10.2 Å². The zero-order valence-corrected chi connectivity index (χ0v) is 5.28. The number of hydrogen-bond donors (Lipinski definition) is 1. The molecule has 0 aliphatic carbocycles. The molecule has 2 rings (SSSR count). The van der Waals surface area contributed by atoms with E-state index < -0.39 is 0 Å². The van der Waals surface area contributed by atoms with Crippen molar-refractivity contribution in [2.24, 2.45) is 0 Å². The maximum Gasteiger partial charge on any atom is 0.0449 e. The molecule has 2 saturated heterocycles. The van der Waals surface area contributed by atoms with Gasteiger partial charge in [-0.15, -0.1) is 0 Å². The van der Waals surface area contributed by atoms with Crippen molar-refractivity contribution in [2.75, 3.05) is 26.7 Å². The number of likely N-dealkylation sites (N-methyl/N-ethyl adjacent to an activating group) is 1. The van der Waals surface area contributed by atoms with Crippen LogP contribution in [0.3, 0.4) is 0 Å². The largest absolute Gasteiger partial charge is 0.309 e. The summed E-state index contributed by atoms with van der Waals surface area (Å²) in [6.45, 7) is 3.79. The van der Waals surface area contributed by atoms with Gasteiger partial charge in [0.15, 0.2) is 0 Å². The minimum Gasteiger partial charge on any atom is -0.309 e. The molecule has 0 aromatic rings. The van der Waals surface area contributed by atoms with Crippen molar-refractivity contribution in [3.63, 3.8) is 0 Å². The average molecular weight is 112 g/mol. The Morgan fingerprint density at radius 3 is 2.25 bits per heavy atom. The second-order valence-corrected chi connectivity index (χ2v) is 3.13. The second kappa shape index (κ2) is 1.25. The molecule has 2 heteroatoms. The lowest BCUT2D eigenvalue weighted by molar-refractivity contribution is 0.0136. The summed E-state index contributed by atoms with van der Waals surface area (Å²) in [5.74, 6) is 0. The number of nitrogens with one attached hydrogen (secondary N) is 1. The Morgan fingerprint density at radius 1 is 1.50 bits per heavy atom. The van der Waals surface area contributed by atoms with Crippen LogP contribution in [-0.2, 0) is 0 Å². The molecule has 2 aliphatic heterocycles. The summed E-state index contributed by atoms with van der Waals surface area (Å²) in [4.78, 5) is 2.35. The van der Waals surface area contributed by atoms with E-state index in [1.807, 2.05) is 0 Å². The van der Waals surface area contributed by atoms with E-state index in [1.54, 1.807) is 0 Å². The summed E-state index contributed by atoms with van der Waals surface area (Å²) < 4.78 is 0. The molecule has 46 valence electrons. The predicted octanol–water partition coefficient (Wildman–Crippen LogP) is -0.336. The molecule has 8 heavy (non-hydrogen) atoms. The molecule has 0 unspecified atom stereocenters. The fourth-order valence-corrected chi connectivity index (χ4v) is 1.74. The van der Waals surface area contributed by atoms with Gasteiger partial charge in [-0.3, -0.25) is 0 Å².